The van der Waals surface area contributed by atoms with Crippen molar-refractivity contribution in [2.24, 2.45) is 0 Å². The van der Waals surface area contributed by atoms with Crippen LogP contribution in [-0.2, 0) is 58.0 Å². The zero-order valence-electron chi connectivity index (χ0n) is 33.1. The summed E-state index contributed by atoms with van der Waals surface area (Å²) in [5.41, 5.74) is 1.20. The number of amides is 4. The fourth-order valence-corrected chi connectivity index (χ4v) is 8.68. The van der Waals surface area contributed by atoms with Gasteiger partial charge in [-0.15, -0.1) is 0 Å². The van der Waals surface area contributed by atoms with Crippen molar-refractivity contribution in [1.29, 1.82) is 0 Å². The molecule has 2 atom stereocenters. The number of ether oxygens (including phenoxy) is 3. The molecule has 0 aliphatic carbocycles. The summed E-state index contributed by atoms with van der Waals surface area (Å²) < 4.78 is 66.9. The van der Waals surface area contributed by atoms with Crippen molar-refractivity contribution in [3.63, 3.8) is 0 Å². The van der Waals surface area contributed by atoms with Gasteiger partial charge in [0.1, 0.15) is 18.0 Å². The standard InChI is InChI=1S/C21H21NO8S.C19H15ClN2O9S/c1-14-3-5-15(6-4-14)18(29-21(25)30-22-19(23)11-12-20(22)24)13-31(26,27)17-9-7-16(28-2)8-10-17;20-13-3-7-15(8-4-13)32(28,29)11-16(12-1-5-14(6-2-12)22(26)27)30-19(25)31-21-17(23)9-10-18(21)24/h3-10,18H,11-13H2,1-2H3;1-8,16H,9-11H2. The fourth-order valence-electron chi connectivity index (χ4n) is 5.74. The molecule has 2 heterocycles. The predicted molar refractivity (Wildman–Crippen MR) is 216 cm³/mol. The zero-order valence-corrected chi connectivity index (χ0v) is 35.5. The minimum Gasteiger partial charge on any atom is -0.497 e. The van der Waals surface area contributed by atoms with Crippen molar-refractivity contribution in [2.45, 2.75) is 54.6 Å². The zero-order chi connectivity index (χ0) is 46.1. The maximum Gasteiger partial charge on any atom is 0.534 e. The van der Waals surface area contributed by atoms with Crippen molar-refractivity contribution >= 4 is 72.9 Å². The fraction of sp³-hybridized carbons (Fsp3) is 0.250. The van der Waals surface area contributed by atoms with Gasteiger partial charge in [-0.05, 0) is 78.7 Å². The van der Waals surface area contributed by atoms with E-state index in [4.69, 9.17) is 30.6 Å². The normalized spacial score (nSPS) is 14.9. The van der Waals surface area contributed by atoms with Gasteiger partial charge in [0.15, 0.2) is 19.7 Å². The van der Waals surface area contributed by atoms with Crippen LogP contribution in [0.3, 0.4) is 0 Å². The summed E-state index contributed by atoms with van der Waals surface area (Å²) in [6, 6.07) is 22.5. The number of nitrogens with zero attached hydrogens (tertiary/aromatic N) is 3. The molecule has 23 heteroatoms. The molecule has 0 aromatic heterocycles. The summed E-state index contributed by atoms with van der Waals surface area (Å²) in [6.07, 6.45) is -5.93. The average molecular weight is 930 g/mol. The Labute approximate surface area is 364 Å². The first-order chi connectivity index (χ1) is 29.8. The largest absolute Gasteiger partial charge is 0.534 e. The van der Waals surface area contributed by atoms with E-state index < -0.39 is 84.3 Å². The number of halogens is 1. The number of hydrogen-bond acceptors (Lipinski definition) is 17. The van der Waals surface area contributed by atoms with Gasteiger partial charge in [0.05, 0.1) is 33.3 Å². The van der Waals surface area contributed by atoms with Gasteiger partial charge in [-0.2, -0.15) is 0 Å². The second-order valence-corrected chi connectivity index (χ2v) is 18.0. The Hall–Kier alpha value is -6.91. The molecular weight excluding hydrogens is 894 g/mol. The highest BCUT2D eigenvalue weighted by atomic mass is 35.5. The van der Waals surface area contributed by atoms with E-state index in [1.165, 1.54) is 67.8 Å². The second-order valence-electron chi connectivity index (χ2n) is 13.5. The molecule has 332 valence electrons. The number of imide groups is 2. The first-order valence-corrected chi connectivity index (χ1v) is 22.1. The Balaban J connectivity index is 0.000000238. The van der Waals surface area contributed by atoms with E-state index in [2.05, 4.69) is 4.84 Å². The number of methoxy groups -OCH3 is 1. The molecular formula is C40H36ClN3O17S2. The highest BCUT2D eigenvalue weighted by molar-refractivity contribution is 7.91. The van der Waals surface area contributed by atoms with Crippen LogP contribution in [0.25, 0.3) is 0 Å². The Morgan fingerprint density at radius 1 is 0.635 bits per heavy atom. The van der Waals surface area contributed by atoms with E-state index in [0.717, 1.165) is 17.7 Å². The molecule has 4 aromatic rings. The Bertz CT molecular complexity index is 2570. The van der Waals surface area contributed by atoms with Crippen LogP contribution in [-0.4, -0.2) is 86.4 Å². The molecule has 0 spiro atoms. The second kappa shape index (κ2) is 20.3. The molecule has 0 bridgehead atoms. The number of carbonyl (C=O) groups excluding carboxylic acids is 6. The molecule has 2 unspecified atom stereocenters. The van der Waals surface area contributed by atoms with Crippen molar-refractivity contribution in [1.82, 2.24) is 10.1 Å². The first kappa shape index (κ1) is 47.1. The van der Waals surface area contributed by atoms with E-state index in [1.807, 2.05) is 6.92 Å². The molecule has 63 heavy (non-hydrogen) atoms. The summed E-state index contributed by atoms with van der Waals surface area (Å²) in [6.45, 7) is 1.85. The molecule has 0 saturated carbocycles. The Morgan fingerprint density at radius 2 is 1.00 bits per heavy atom. The highest BCUT2D eigenvalue weighted by Gasteiger charge is 2.37. The smallest absolute Gasteiger partial charge is 0.497 e. The maximum absolute atomic E-state index is 12.9. The third-order valence-corrected chi connectivity index (χ3v) is 12.8. The van der Waals surface area contributed by atoms with Crippen molar-refractivity contribution in [3.8, 4) is 5.75 Å². The number of nitro groups is 1. The van der Waals surface area contributed by atoms with Gasteiger partial charge in [0.25, 0.3) is 29.3 Å². The molecule has 2 saturated heterocycles. The van der Waals surface area contributed by atoms with E-state index in [0.29, 0.717) is 21.4 Å². The lowest BCUT2D eigenvalue weighted by atomic mass is 10.1. The Kier molecular flexibility index (Phi) is 15.2. The number of aryl methyl sites for hydroxylation is 1. The quantitative estimate of drug-likeness (QED) is 0.0633. The van der Waals surface area contributed by atoms with Crippen LogP contribution in [0, 0.1) is 17.0 Å². The van der Waals surface area contributed by atoms with Crippen LogP contribution < -0.4 is 4.74 Å². The summed E-state index contributed by atoms with van der Waals surface area (Å²) in [5.74, 6) is -3.64. The monoisotopic (exact) mass is 929 g/mol. The van der Waals surface area contributed by atoms with Crippen LogP contribution in [0.15, 0.2) is 107 Å². The number of hydrogen-bond donors (Lipinski definition) is 0. The molecule has 4 amide bonds. The molecule has 0 N–H and O–H groups in total. The molecule has 2 aliphatic rings. The lowest BCUT2D eigenvalue weighted by Gasteiger charge is -2.20. The topological polar surface area (TPSA) is 266 Å². The molecule has 6 rings (SSSR count). The maximum atomic E-state index is 12.9. The minimum atomic E-state index is -4.02. The highest BCUT2D eigenvalue weighted by Crippen LogP contribution is 2.29. The number of nitro benzene ring substituents is 1. The van der Waals surface area contributed by atoms with Gasteiger partial charge < -0.3 is 14.2 Å². The number of benzene rings is 4. The number of sulfone groups is 2. The van der Waals surface area contributed by atoms with Crippen LogP contribution >= 0.6 is 11.6 Å². The number of non-ortho nitro benzene ring substituents is 1. The molecule has 2 aliphatic heterocycles. The summed E-state index contributed by atoms with van der Waals surface area (Å²) in [7, 11) is -6.43. The summed E-state index contributed by atoms with van der Waals surface area (Å²) in [5, 5.41) is 11.8. The van der Waals surface area contributed by atoms with Crippen LogP contribution in [0.5, 0.6) is 5.75 Å². The van der Waals surface area contributed by atoms with Crippen LogP contribution in [0.2, 0.25) is 5.02 Å². The molecule has 0 radical (unpaired) electrons. The van der Waals surface area contributed by atoms with E-state index in [9.17, 15) is 55.7 Å². The predicted octanol–water partition coefficient (Wildman–Crippen LogP) is 5.72. The molecule has 20 nitrogen and oxygen atoms in total. The van der Waals surface area contributed by atoms with Crippen LogP contribution in [0.4, 0.5) is 15.3 Å². The van der Waals surface area contributed by atoms with Gasteiger partial charge in [-0.25, -0.2) is 26.4 Å². The van der Waals surface area contributed by atoms with Gasteiger partial charge in [-0.3, -0.25) is 39.0 Å². The molecule has 4 aromatic carbocycles. The molecule has 2 fully saturated rings. The average Bonchev–Trinajstić information content (AvgIpc) is 3.74. The minimum absolute atomic E-state index is 0.0206. The summed E-state index contributed by atoms with van der Waals surface area (Å²) in [4.78, 5) is 90.5. The first-order valence-electron chi connectivity index (χ1n) is 18.4. The third kappa shape index (κ3) is 12.6. The van der Waals surface area contributed by atoms with Gasteiger partial charge >= 0.3 is 12.3 Å². The van der Waals surface area contributed by atoms with Crippen molar-refractivity contribution < 1.29 is 74.4 Å². The lowest BCUT2D eigenvalue weighted by molar-refractivity contribution is -0.384. The van der Waals surface area contributed by atoms with Gasteiger partial charge in [-0.1, -0.05) is 51.6 Å². The number of hydroxylamine groups is 4. The Morgan fingerprint density at radius 3 is 1.37 bits per heavy atom. The summed E-state index contributed by atoms with van der Waals surface area (Å²) >= 11 is 5.78. The van der Waals surface area contributed by atoms with E-state index in [1.54, 1.807) is 24.3 Å². The SMILES string of the molecule is COc1ccc(S(=O)(=O)CC(OC(=O)ON2C(=O)CCC2=O)c2ccc(C)cc2)cc1.O=C(OC(CS(=O)(=O)c1ccc(Cl)cc1)c1ccc([N+](=O)[O-])cc1)ON1C(=O)CCC1=O. The van der Waals surface area contributed by atoms with E-state index >= 15 is 0 Å². The van der Waals surface area contributed by atoms with Gasteiger partial charge in [0.2, 0.25) is 0 Å². The number of rotatable bonds is 14. The third-order valence-electron chi connectivity index (χ3n) is 9.08. The van der Waals surface area contributed by atoms with Crippen molar-refractivity contribution in [2.75, 3.05) is 18.6 Å². The lowest BCUT2D eigenvalue weighted by Crippen LogP contribution is -2.33. The number of carbonyl (C=O) groups is 6. The van der Waals surface area contributed by atoms with E-state index in [-0.39, 0.29) is 51.8 Å². The van der Waals surface area contributed by atoms with Gasteiger partial charge in [0, 0.05) is 42.8 Å². The van der Waals surface area contributed by atoms with Crippen LogP contribution in [0.1, 0.15) is 54.6 Å². The van der Waals surface area contributed by atoms with Crippen molar-refractivity contribution in [3.05, 3.63) is 129 Å².